The summed E-state index contributed by atoms with van der Waals surface area (Å²) in [5.74, 6) is -0.549. The van der Waals surface area contributed by atoms with Crippen LogP contribution in [0.4, 0.5) is 5.69 Å². The van der Waals surface area contributed by atoms with Crippen molar-refractivity contribution in [3.8, 4) is 0 Å². The highest BCUT2D eigenvalue weighted by atomic mass is 16.5. The van der Waals surface area contributed by atoms with E-state index in [1.54, 1.807) is 18.2 Å². The van der Waals surface area contributed by atoms with Crippen molar-refractivity contribution < 1.29 is 14.3 Å². The molecule has 1 amide bonds. The molecule has 0 aliphatic carbocycles. The highest BCUT2D eigenvalue weighted by Crippen LogP contribution is 2.31. The molecule has 3 aromatic rings. The Kier molecular flexibility index (Phi) is 4.47. The van der Waals surface area contributed by atoms with Crippen LogP contribution in [0.5, 0.6) is 0 Å². The number of rotatable bonds is 3. The molecule has 0 unspecified atom stereocenters. The van der Waals surface area contributed by atoms with Crippen LogP contribution >= 0.6 is 0 Å². The number of carbonyl (C=O) groups is 2. The molecule has 0 radical (unpaired) electrons. The van der Waals surface area contributed by atoms with Crippen molar-refractivity contribution in [2.75, 3.05) is 5.32 Å². The summed E-state index contributed by atoms with van der Waals surface area (Å²) >= 11 is 0. The second-order valence-electron chi connectivity index (χ2n) is 6.70. The van der Waals surface area contributed by atoms with E-state index in [1.807, 2.05) is 61.5 Å². The number of aryl methyl sites for hydroxylation is 1. The Labute approximate surface area is 157 Å². The lowest BCUT2D eigenvalue weighted by atomic mass is 9.93. The zero-order valence-electron chi connectivity index (χ0n) is 14.9. The molecule has 0 aromatic heterocycles. The largest absolute Gasteiger partial charge is 0.454 e. The fraction of sp³-hybridized carbons (Fsp3) is 0.130. The van der Waals surface area contributed by atoms with Gasteiger partial charge in [-0.25, -0.2) is 4.79 Å². The van der Waals surface area contributed by atoms with Gasteiger partial charge in [0.1, 0.15) is 6.10 Å². The van der Waals surface area contributed by atoms with Gasteiger partial charge in [0.15, 0.2) is 0 Å². The van der Waals surface area contributed by atoms with Gasteiger partial charge in [-0.05, 0) is 48.4 Å². The van der Waals surface area contributed by atoms with Gasteiger partial charge >= 0.3 is 5.97 Å². The van der Waals surface area contributed by atoms with Crippen LogP contribution in [0.3, 0.4) is 0 Å². The molecule has 0 saturated heterocycles. The maximum atomic E-state index is 12.6. The second kappa shape index (κ2) is 7.08. The summed E-state index contributed by atoms with van der Waals surface area (Å²) in [6, 6.07) is 22.4. The van der Waals surface area contributed by atoms with Crippen LogP contribution in [0.2, 0.25) is 0 Å². The van der Waals surface area contributed by atoms with Gasteiger partial charge in [-0.3, -0.25) is 4.79 Å². The van der Waals surface area contributed by atoms with Crippen molar-refractivity contribution >= 4 is 17.6 Å². The Morgan fingerprint density at radius 2 is 1.74 bits per heavy atom. The van der Waals surface area contributed by atoms with Crippen LogP contribution in [-0.4, -0.2) is 11.9 Å². The van der Waals surface area contributed by atoms with Crippen LogP contribution in [-0.2, 0) is 11.2 Å². The molecule has 134 valence electrons. The first kappa shape index (κ1) is 17.0. The van der Waals surface area contributed by atoms with Crippen LogP contribution < -0.4 is 5.32 Å². The summed E-state index contributed by atoms with van der Waals surface area (Å²) in [7, 11) is 0. The van der Waals surface area contributed by atoms with E-state index in [4.69, 9.17) is 4.74 Å². The molecular formula is C23H19NO3. The summed E-state index contributed by atoms with van der Waals surface area (Å²) in [6.45, 7) is 2.00. The summed E-state index contributed by atoms with van der Waals surface area (Å²) in [5, 5.41) is 2.89. The van der Waals surface area contributed by atoms with E-state index in [9.17, 15) is 9.59 Å². The van der Waals surface area contributed by atoms with E-state index in [0.717, 1.165) is 22.4 Å². The van der Waals surface area contributed by atoms with Crippen molar-refractivity contribution in [3.63, 3.8) is 0 Å². The molecule has 0 fully saturated rings. The van der Waals surface area contributed by atoms with E-state index in [2.05, 4.69) is 5.32 Å². The average Bonchev–Trinajstić information content (AvgIpc) is 2.70. The third-order valence-electron chi connectivity index (χ3n) is 4.72. The first-order valence-corrected chi connectivity index (χ1v) is 8.87. The lowest BCUT2D eigenvalue weighted by Crippen LogP contribution is -2.23. The van der Waals surface area contributed by atoms with Crippen LogP contribution in [0.1, 0.15) is 43.5 Å². The number of hydrogen-bond donors (Lipinski definition) is 1. The molecule has 1 N–H and O–H groups in total. The van der Waals surface area contributed by atoms with Gasteiger partial charge in [-0.1, -0.05) is 48.0 Å². The molecule has 1 aliphatic heterocycles. The van der Waals surface area contributed by atoms with Crippen molar-refractivity contribution in [1.29, 1.82) is 0 Å². The van der Waals surface area contributed by atoms with Gasteiger partial charge < -0.3 is 10.1 Å². The van der Waals surface area contributed by atoms with Crippen molar-refractivity contribution in [3.05, 3.63) is 101 Å². The fourth-order valence-electron chi connectivity index (χ4n) is 3.23. The van der Waals surface area contributed by atoms with Gasteiger partial charge in [0.05, 0.1) is 5.56 Å². The van der Waals surface area contributed by atoms with E-state index in [0.29, 0.717) is 17.5 Å². The number of nitrogens with one attached hydrogen (secondary N) is 1. The summed E-state index contributed by atoms with van der Waals surface area (Å²) in [6.07, 6.45) is 0.220. The molecule has 4 rings (SSSR count). The first-order chi connectivity index (χ1) is 13.1. The van der Waals surface area contributed by atoms with Crippen LogP contribution in [0.15, 0.2) is 72.8 Å². The van der Waals surface area contributed by atoms with Crippen LogP contribution in [0, 0.1) is 6.92 Å². The number of carbonyl (C=O) groups excluding carboxylic acids is 2. The fourth-order valence-corrected chi connectivity index (χ4v) is 3.23. The summed E-state index contributed by atoms with van der Waals surface area (Å²) < 4.78 is 5.57. The van der Waals surface area contributed by atoms with Gasteiger partial charge in [-0.15, -0.1) is 0 Å². The van der Waals surface area contributed by atoms with Crippen LogP contribution in [0.25, 0.3) is 0 Å². The van der Waals surface area contributed by atoms with Gasteiger partial charge in [0, 0.05) is 17.7 Å². The highest BCUT2D eigenvalue weighted by Gasteiger charge is 2.28. The predicted octanol–water partition coefficient (Wildman–Crippen LogP) is 4.70. The molecule has 3 aromatic carbocycles. The second-order valence-corrected chi connectivity index (χ2v) is 6.70. The van der Waals surface area contributed by atoms with Gasteiger partial charge in [0.25, 0.3) is 5.91 Å². The molecular weight excluding hydrogens is 338 g/mol. The normalized spacial score (nSPS) is 15.6. The molecule has 1 aliphatic rings. The molecule has 1 atom stereocenters. The molecule has 0 spiro atoms. The van der Waals surface area contributed by atoms with E-state index in [1.165, 1.54) is 0 Å². The molecule has 0 bridgehead atoms. The number of benzene rings is 3. The minimum atomic E-state index is -0.351. The monoisotopic (exact) mass is 357 g/mol. The Bertz CT molecular complexity index is 994. The third-order valence-corrected chi connectivity index (χ3v) is 4.72. The van der Waals surface area contributed by atoms with Gasteiger partial charge in [0.2, 0.25) is 0 Å². The molecule has 4 heteroatoms. The maximum Gasteiger partial charge on any atom is 0.339 e. The van der Waals surface area contributed by atoms with Crippen molar-refractivity contribution in [1.82, 2.24) is 0 Å². The van der Waals surface area contributed by atoms with E-state index in [-0.39, 0.29) is 18.0 Å². The van der Waals surface area contributed by atoms with Crippen molar-refractivity contribution in [2.24, 2.45) is 0 Å². The zero-order valence-corrected chi connectivity index (χ0v) is 14.9. The topological polar surface area (TPSA) is 55.4 Å². The first-order valence-electron chi connectivity index (χ1n) is 8.87. The Morgan fingerprint density at radius 1 is 1.00 bits per heavy atom. The number of esters is 1. The molecule has 27 heavy (non-hydrogen) atoms. The maximum absolute atomic E-state index is 12.6. The smallest absolute Gasteiger partial charge is 0.339 e. The van der Waals surface area contributed by atoms with E-state index < -0.39 is 0 Å². The summed E-state index contributed by atoms with van der Waals surface area (Å²) in [4.78, 5) is 24.9. The Hall–Kier alpha value is -3.40. The highest BCUT2D eigenvalue weighted by molar-refractivity contribution is 6.05. The predicted molar refractivity (Wildman–Crippen MR) is 104 cm³/mol. The Balaban J connectivity index is 1.58. The Morgan fingerprint density at radius 3 is 2.48 bits per heavy atom. The number of fused-ring (bicyclic) bond motifs is 1. The SMILES string of the molecule is Cc1ccc(NC(=O)c2ccc3c(c2)C[C@@H](c2ccccc2)OC3=O)cc1. The number of anilines is 1. The number of amides is 1. The third kappa shape index (κ3) is 3.60. The van der Waals surface area contributed by atoms with Crippen molar-refractivity contribution in [2.45, 2.75) is 19.4 Å². The standard InChI is InChI=1S/C23H19NO3/c1-15-7-10-19(11-8-15)24-22(25)17-9-12-20-18(13-17)14-21(27-23(20)26)16-5-3-2-4-6-16/h2-13,21H,14H2,1H3,(H,24,25)/t21-/m0/s1. The lowest BCUT2D eigenvalue weighted by Gasteiger charge is -2.25. The zero-order chi connectivity index (χ0) is 18.8. The molecule has 0 saturated carbocycles. The average molecular weight is 357 g/mol. The number of ether oxygens (including phenoxy) is 1. The quantitative estimate of drug-likeness (QED) is 0.691. The van der Waals surface area contributed by atoms with E-state index >= 15 is 0 Å². The number of cyclic esters (lactones) is 1. The minimum Gasteiger partial charge on any atom is -0.454 e. The molecule has 1 heterocycles. The lowest BCUT2D eigenvalue weighted by molar-refractivity contribution is 0.0252. The summed E-state index contributed by atoms with van der Waals surface area (Å²) in [5.41, 5.74) is 4.70. The molecule has 4 nitrogen and oxygen atoms in total. The minimum absolute atomic E-state index is 0.197. The van der Waals surface area contributed by atoms with Gasteiger partial charge in [-0.2, -0.15) is 0 Å². The number of hydrogen-bond acceptors (Lipinski definition) is 3.